The van der Waals surface area contributed by atoms with E-state index in [0.29, 0.717) is 12.0 Å². The van der Waals surface area contributed by atoms with Gasteiger partial charge in [0.25, 0.3) is 0 Å². The van der Waals surface area contributed by atoms with Gasteiger partial charge < -0.3 is 9.47 Å². The lowest BCUT2D eigenvalue weighted by molar-refractivity contribution is -0.141. The van der Waals surface area contributed by atoms with E-state index in [4.69, 9.17) is 4.74 Å². The summed E-state index contributed by atoms with van der Waals surface area (Å²) < 4.78 is 9.59. The molecule has 1 aliphatic heterocycles. The summed E-state index contributed by atoms with van der Waals surface area (Å²) in [6.45, 7) is 2.20. The maximum atomic E-state index is 11.5. The van der Waals surface area contributed by atoms with E-state index in [1.807, 2.05) is 37.3 Å². The quantitative estimate of drug-likeness (QED) is 0.564. The summed E-state index contributed by atoms with van der Waals surface area (Å²) >= 11 is 0. The van der Waals surface area contributed by atoms with E-state index in [2.05, 4.69) is 4.74 Å². The minimum atomic E-state index is -0.363. The third kappa shape index (κ3) is 5.38. The predicted octanol–water partition coefficient (Wildman–Crippen LogP) is 2.48. The Hall–Kier alpha value is -2.10. The summed E-state index contributed by atoms with van der Waals surface area (Å²) in [5.74, 6) is -0.698. The second-order valence-corrected chi connectivity index (χ2v) is 3.97. The summed E-state index contributed by atoms with van der Waals surface area (Å²) in [5, 5.41) is 0. The van der Waals surface area contributed by atoms with Crippen molar-refractivity contribution in [2.45, 2.75) is 19.8 Å². The maximum Gasteiger partial charge on any atom is 0.334 e. The van der Waals surface area contributed by atoms with E-state index >= 15 is 0 Å². The van der Waals surface area contributed by atoms with E-state index in [-0.39, 0.29) is 25.0 Å². The van der Waals surface area contributed by atoms with Gasteiger partial charge in [0.15, 0.2) is 0 Å². The number of hydrogen-bond donors (Lipinski definition) is 0. The Morgan fingerprint density at radius 1 is 1.42 bits per heavy atom. The Morgan fingerprint density at radius 2 is 2.21 bits per heavy atom. The van der Waals surface area contributed by atoms with Gasteiger partial charge in [0.1, 0.15) is 6.61 Å². The molecule has 4 heteroatoms. The number of carbonyl (C=O) groups is 2. The Balaban J connectivity index is 2.69. The molecule has 0 N–H and O–H groups in total. The summed E-state index contributed by atoms with van der Waals surface area (Å²) in [6, 6.07) is 0. The zero-order valence-corrected chi connectivity index (χ0v) is 11.2. The lowest BCUT2D eigenvalue weighted by Crippen LogP contribution is -2.16. The van der Waals surface area contributed by atoms with Gasteiger partial charge in [-0.2, -0.15) is 0 Å². The van der Waals surface area contributed by atoms with E-state index in [1.165, 1.54) is 7.11 Å². The van der Waals surface area contributed by atoms with Crippen LogP contribution in [0.15, 0.2) is 47.6 Å². The number of ether oxygens (including phenoxy) is 2. The van der Waals surface area contributed by atoms with Gasteiger partial charge in [0.05, 0.1) is 7.11 Å². The monoisotopic (exact) mass is 262 g/mol. The molecular formula is C15H18O4. The predicted molar refractivity (Wildman–Crippen MR) is 72.3 cm³/mol. The molecule has 19 heavy (non-hydrogen) atoms. The lowest BCUT2D eigenvalue weighted by Gasteiger charge is -2.14. The van der Waals surface area contributed by atoms with Crippen LogP contribution in [0.25, 0.3) is 0 Å². The molecule has 0 spiro atoms. The first-order chi connectivity index (χ1) is 9.17. The third-order valence-electron chi connectivity index (χ3n) is 2.54. The molecule has 1 rings (SSSR count). The number of cyclic esters (lactones) is 1. The molecule has 0 aromatic rings. The maximum absolute atomic E-state index is 11.5. The molecule has 0 bridgehead atoms. The van der Waals surface area contributed by atoms with Crippen molar-refractivity contribution < 1.29 is 19.1 Å². The van der Waals surface area contributed by atoms with Crippen molar-refractivity contribution in [2.24, 2.45) is 0 Å². The molecule has 1 aliphatic rings. The van der Waals surface area contributed by atoms with Gasteiger partial charge in [-0.15, -0.1) is 0 Å². The van der Waals surface area contributed by atoms with Crippen molar-refractivity contribution in [1.82, 2.24) is 0 Å². The lowest BCUT2D eigenvalue weighted by atomic mass is 10.0. The standard InChI is InChI=1S/C15H18O4/c1-3-4-5-6-7-12-10-13(15(17)19-11-12)8-9-14(16)18-2/h3-7,10H,8-9,11H2,1-2H3. The minimum Gasteiger partial charge on any atom is -0.469 e. The highest BCUT2D eigenvalue weighted by molar-refractivity contribution is 5.91. The molecule has 1 heterocycles. The second-order valence-electron chi connectivity index (χ2n) is 3.97. The van der Waals surface area contributed by atoms with Gasteiger partial charge in [-0.05, 0) is 25.0 Å². The molecular weight excluding hydrogens is 244 g/mol. The SMILES string of the molecule is CC=CC=CC=C1C=C(CCC(=O)OC)C(=O)OC1. The van der Waals surface area contributed by atoms with Crippen LogP contribution in [0.1, 0.15) is 19.8 Å². The molecule has 0 aromatic heterocycles. The molecule has 0 fully saturated rings. The smallest absolute Gasteiger partial charge is 0.334 e. The fourth-order valence-electron chi connectivity index (χ4n) is 1.53. The van der Waals surface area contributed by atoms with Crippen LogP contribution < -0.4 is 0 Å². The van der Waals surface area contributed by atoms with Crippen LogP contribution in [-0.4, -0.2) is 25.7 Å². The number of carbonyl (C=O) groups excluding carboxylic acids is 2. The van der Waals surface area contributed by atoms with Crippen molar-refractivity contribution in [2.75, 3.05) is 13.7 Å². The molecule has 0 atom stereocenters. The average Bonchev–Trinajstić information content (AvgIpc) is 2.43. The highest BCUT2D eigenvalue weighted by Crippen LogP contribution is 2.17. The summed E-state index contributed by atoms with van der Waals surface area (Å²) in [5.41, 5.74) is 1.41. The largest absolute Gasteiger partial charge is 0.469 e. The number of hydrogen-bond acceptors (Lipinski definition) is 4. The van der Waals surface area contributed by atoms with E-state index in [1.54, 1.807) is 6.08 Å². The zero-order valence-electron chi connectivity index (χ0n) is 11.2. The van der Waals surface area contributed by atoms with Crippen LogP contribution in [0.4, 0.5) is 0 Å². The average molecular weight is 262 g/mol. The van der Waals surface area contributed by atoms with Crippen molar-refractivity contribution in [3.8, 4) is 0 Å². The van der Waals surface area contributed by atoms with E-state index < -0.39 is 0 Å². The molecule has 0 amide bonds. The molecule has 0 aromatic carbocycles. The van der Waals surface area contributed by atoms with Gasteiger partial charge in [0, 0.05) is 12.0 Å². The number of allylic oxidation sites excluding steroid dienone is 5. The van der Waals surface area contributed by atoms with E-state index in [9.17, 15) is 9.59 Å². The fourth-order valence-corrected chi connectivity index (χ4v) is 1.53. The molecule has 0 saturated carbocycles. The highest BCUT2D eigenvalue weighted by Gasteiger charge is 2.18. The number of methoxy groups -OCH3 is 1. The molecule has 4 nitrogen and oxygen atoms in total. The Labute approximate surface area is 113 Å². The van der Waals surface area contributed by atoms with Gasteiger partial charge in [0.2, 0.25) is 0 Å². The Morgan fingerprint density at radius 3 is 2.89 bits per heavy atom. The van der Waals surface area contributed by atoms with Crippen LogP contribution in [0, 0.1) is 0 Å². The zero-order chi connectivity index (χ0) is 14.1. The third-order valence-corrected chi connectivity index (χ3v) is 2.54. The number of rotatable bonds is 5. The van der Waals surface area contributed by atoms with Gasteiger partial charge in [-0.3, -0.25) is 4.79 Å². The summed E-state index contributed by atoms with van der Waals surface area (Å²) in [4.78, 5) is 22.6. The second kappa shape index (κ2) is 8.08. The first-order valence-corrected chi connectivity index (χ1v) is 6.10. The first-order valence-electron chi connectivity index (χ1n) is 6.10. The first kappa shape index (κ1) is 15.0. The van der Waals surface area contributed by atoms with Crippen molar-refractivity contribution in [3.05, 3.63) is 47.6 Å². The normalized spacial score (nSPS) is 17.9. The molecule has 0 unspecified atom stereocenters. The highest BCUT2D eigenvalue weighted by atomic mass is 16.5. The summed E-state index contributed by atoms with van der Waals surface area (Å²) in [7, 11) is 1.33. The van der Waals surface area contributed by atoms with Crippen LogP contribution in [0.2, 0.25) is 0 Å². The van der Waals surface area contributed by atoms with Crippen molar-refractivity contribution in [3.63, 3.8) is 0 Å². The number of esters is 2. The molecule has 102 valence electrons. The van der Waals surface area contributed by atoms with Crippen LogP contribution in [-0.2, 0) is 19.1 Å². The van der Waals surface area contributed by atoms with Crippen LogP contribution in [0.3, 0.4) is 0 Å². The van der Waals surface area contributed by atoms with Crippen LogP contribution >= 0.6 is 0 Å². The molecule has 0 radical (unpaired) electrons. The summed E-state index contributed by atoms with van der Waals surface area (Å²) in [6.07, 6.45) is 11.8. The fraction of sp³-hybridized carbons (Fsp3) is 0.333. The minimum absolute atomic E-state index is 0.180. The Kier molecular flexibility index (Phi) is 6.36. The van der Waals surface area contributed by atoms with E-state index in [0.717, 1.165) is 5.57 Å². The van der Waals surface area contributed by atoms with Gasteiger partial charge in [-0.25, -0.2) is 4.79 Å². The van der Waals surface area contributed by atoms with Gasteiger partial charge >= 0.3 is 11.9 Å². The topological polar surface area (TPSA) is 52.6 Å². The molecule has 0 saturated heterocycles. The Bertz CT molecular complexity index is 453. The van der Waals surface area contributed by atoms with Gasteiger partial charge in [-0.1, -0.05) is 30.4 Å². The molecule has 0 aliphatic carbocycles. The van der Waals surface area contributed by atoms with Crippen molar-refractivity contribution in [1.29, 1.82) is 0 Å². The van der Waals surface area contributed by atoms with Crippen LogP contribution in [0.5, 0.6) is 0 Å². The van der Waals surface area contributed by atoms with Crippen molar-refractivity contribution >= 4 is 11.9 Å².